The molecular weight excluding hydrogens is 294 g/mol. The molecule has 2 saturated heterocycles. The second-order valence-corrected chi connectivity index (χ2v) is 6.82. The molecule has 2 N–H and O–H groups in total. The van der Waals surface area contributed by atoms with Crippen LogP contribution in [0.2, 0.25) is 0 Å². The van der Waals surface area contributed by atoms with Gasteiger partial charge in [-0.3, -0.25) is 9.69 Å². The van der Waals surface area contributed by atoms with E-state index < -0.39 is 5.60 Å². The Morgan fingerprint density at radius 2 is 1.83 bits per heavy atom. The van der Waals surface area contributed by atoms with Crippen molar-refractivity contribution in [1.82, 2.24) is 4.90 Å². The Morgan fingerprint density at radius 3 is 2.39 bits per heavy atom. The van der Waals surface area contributed by atoms with Crippen molar-refractivity contribution in [2.75, 3.05) is 19.7 Å². The largest absolute Gasteiger partial charge is 0.483 e. The zero-order valence-electron chi connectivity index (χ0n) is 13.8. The fourth-order valence-corrected chi connectivity index (χ4v) is 3.60. The minimum absolute atomic E-state index is 0.0745. The topological polar surface area (TPSA) is 70.0 Å². The smallest absolute Gasteiger partial charge is 0.290 e. The van der Waals surface area contributed by atoms with Gasteiger partial charge in [0.15, 0.2) is 0 Å². The standard InChI is InChI=1S/C17H25NO2.CH2O2/c1-16(19)9-12-20-17(14-16)7-10-18(11-8-17)13-15-5-3-2-4-6-15;2-1-3/h2-6,19H,7-14H2,1H3;1H,(H,2,3). The molecule has 0 saturated carbocycles. The normalized spacial score (nSPS) is 27.0. The summed E-state index contributed by atoms with van der Waals surface area (Å²) in [7, 11) is 0. The van der Waals surface area contributed by atoms with E-state index in [-0.39, 0.29) is 12.1 Å². The van der Waals surface area contributed by atoms with Gasteiger partial charge in [0.25, 0.3) is 6.47 Å². The Bertz CT molecular complexity index is 481. The molecule has 1 aromatic rings. The Labute approximate surface area is 137 Å². The highest BCUT2D eigenvalue weighted by Crippen LogP contribution is 2.39. The summed E-state index contributed by atoms with van der Waals surface area (Å²) in [6.07, 6.45) is 3.63. The minimum atomic E-state index is -0.542. The van der Waals surface area contributed by atoms with Gasteiger partial charge in [-0.05, 0) is 31.7 Å². The average molecular weight is 321 g/mol. The fourth-order valence-electron chi connectivity index (χ4n) is 3.60. The monoisotopic (exact) mass is 321 g/mol. The molecule has 0 bridgehead atoms. The van der Waals surface area contributed by atoms with E-state index in [1.807, 2.05) is 6.92 Å². The number of nitrogens with zero attached hydrogens (tertiary/aromatic N) is 1. The van der Waals surface area contributed by atoms with Gasteiger partial charge >= 0.3 is 0 Å². The van der Waals surface area contributed by atoms with Crippen LogP contribution in [-0.4, -0.2) is 52.5 Å². The molecule has 5 heteroatoms. The number of hydrogen-bond acceptors (Lipinski definition) is 4. The fraction of sp³-hybridized carbons (Fsp3) is 0.611. The molecule has 2 aliphatic rings. The van der Waals surface area contributed by atoms with E-state index in [4.69, 9.17) is 14.6 Å². The summed E-state index contributed by atoms with van der Waals surface area (Å²) in [6.45, 7) is 5.54. The SMILES string of the molecule is CC1(O)CCOC2(CCN(Cc3ccccc3)CC2)C1.O=CO. The summed E-state index contributed by atoms with van der Waals surface area (Å²) in [6, 6.07) is 10.6. The molecular formula is C18H27NO4. The molecule has 1 atom stereocenters. The van der Waals surface area contributed by atoms with Gasteiger partial charge in [0.05, 0.1) is 17.8 Å². The quantitative estimate of drug-likeness (QED) is 0.818. The van der Waals surface area contributed by atoms with E-state index in [9.17, 15) is 5.11 Å². The van der Waals surface area contributed by atoms with Crippen LogP contribution < -0.4 is 0 Å². The Morgan fingerprint density at radius 1 is 1.22 bits per heavy atom. The van der Waals surface area contributed by atoms with E-state index in [0.29, 0.717) is 6.61 Å². The van der Waals surface area contributed by atoms with Crippen molar-refractivity contribution in [3.8, 4) is 0 Å². The van der Waals surface area contributed by atoms with Crippen LogP contribution in [0.5, 0.6) is 0 Å². The number of likely N-dealkylation sites (tertiary alicyclic amines) is 1. The number of carbonyl (C=O) groups is 1. The zero-order valence-corrected chi connectivity index (χ0v) is 13.8. The molecule has 1 spiro atoms. The van der Waals surface area contributed by atoms with Crippen molar-refractivity contribution in [2.45, 2.75) is 50.4 Å². The van der Waals surface area contributed by atoms with Gasteiger partial charge in [-0.15, -0.1) is 0 Å². The van der Waals surface area contributed by atoms with Crippen LogP contribution in [0, 0.1) is 0 Å². The lowest BCUT2D eigenvalue weighted by Gasteiger charge is -2.48. The van der Waals surface area contributed by atoms with E-state index in [1.165, 1.54) is 5.56 Å². The molecule has 0 radical (unpaired) electrons. The first-order valence-electron chi connectivity index (χ1n) is 8.19. The van der Waals surface area contributed by atoms with Crippen molar-refractivity contribution in [3.05, 3.63) is 35.9 Å². The summed E-state index contributed by atoms with van der Waals surface area (Å²) in [5.41, 5.74) is 0.759. The lowest BCUT2D eigenvalue weighted by atomic mass is 9.78. The van der Waals surface area contributed by atoms with E-state index >= 15 is 0 Å². The predicted octanol–water partition coefficient (Wildman–Crippen LogP) is 2.28. The third-order valence-corrected chi connectivity index (χ3v) is 4.77. The van der Waals surface area contributed by atoms with Gasteiger partial charge in [0.1, 0.15) is 0 Å². The summed E-state index contributed by atoms with van der Waals surface area (Å²) in [4.78, 5) is 10.9. The molecule has 128 valence electrons. The summed E-state index contributed by atoms with van der Waals surface area (Å²) >= 11 is 0. The number of carboxylic acid groups (broad SMARTS) is 1. The third-order valence-electron chi connectivity index (χ3n) is 4.77. The molecule has 2 heterocycles. The van der Waals surface area contributed by atoms with E-state index in [0.717, 1.165) is 45.3 Å². The van der Waals surface area contributed by atoms with Crippen LogP contribution in [0.3, 0.4) is 0 Å². The van der Waals surface area contributed by atoms with Gasteiger partial charge in [-0.1, -0.05) is 30.3 Å². The lowest BCUT2D eigenvalue weighted by Crippen LogP contribution is -2.53. The van der Waals surface area contributed by atoms with Crippen LogP contribution in [0.15, 0.2) is 30.3 Å². The van der Waals surface area contributed by atoms with Crippen molar-refractivity contribution < 1.29 is 19.7 Å². The van der Waals surface area contributed by atoms with Gasteiger partial charge in [-0.25, -0.2) is 0 Å². The maximum atomic E-state index is 10.3. The average Bonchev–Trinajstić information content (AvgIpc) is 2.51. The van der Waals surface area contributed by atoms with Gasteiger partial charge < -0.3 is 14.9 Å². The summed E-state index contributed by atoms with van der Waals surface area (Å²) < 4.78 is 6.05. The molecule has 1 unspecified atom stereocenters. The number of ether oxygens (including phenoxy) is 1. The number of rotatable bonds is 2. The maximum absolute atomic E-state index is 10.3. The molecule has 0 aliphatic carbocycles. The van der Waals surface area contributed by atoms with Crippen LogP contribution in [0.25, 0.3) is 0 Å². The van der Waals surface area contributed by atoms with E-state index in [1.54, 1.807) is 0 Å². The van der Waals surface area contributed by atoms with Gasteiger partial charge in [0, 0.05) is 26.1 Å². The number of benzene rings is 1. The highest BCUT2D eigenvalue weighted by molar-refractivity contribution is 5.32. The molecule has 0 aromatic heterocycles. The van der Waals surface area contributed by atoms with Gasteiger partial charge in [0.2, 0.25) is 0 Å². The summed E-state index contributed by atoms with van der Waals surface area (Å²) in [5, 5.41) is 17.2. The van der Waals surface area contributed by atoms with Crippen LogP contribution in [0.1, 0.15) is 38.2 Å². The van der Waals surface area contributed by atoms with Crippen LogP contribution in [-0.2, 0) is 16.1 Å². The number of piperidine rings is 1. The predicted molar refractivity (Wildman–Crippen MR) is 88.2 cm³/mol. The van der Waals surface area contributed by atoms with Crippen LogP contribution >= 0.6 is 0 Å². The number of hydrogen-bond donors (Lipinski definition) is 2. The minimum Gasteiger partial charge on any atom is -0.483 e. The van der Waals surface area contributed by atoms with Crippen molar-refractivity contribution in [2.24, 2.45) is 0 Å². The van der Waals surface area contributed by atoms with E-state index in [2.05, 4.69) is 35.2 Å². The lowest BCUT2D eigenvalue weighted by molar-refractivity contribution is -0.173. The number of aliphatic hydroxyl groups is 1. The molecule has 0 amide bonds. The second kappa shape index (κ2) is 7.90. The molecule has 1 aromatic carbocycles. The molecule has 5 nitrogen and oxygen atoms in total. The summed E-state index contributed by atoms with van der Waals surface area (Å²) in [5.74, 6) is 0. The van der Waals surface area contributed by atoms with Crippen LogP contribution in [0.4, 0.5) is 0 Å². The maximum Gasteiger partial charge on any atom is 0.290 e. The van der Waals surface area contributed by atoms with Crippen molar-refractivity contribution in [1.29, 1.82) is 0 Å². The molecule has 23 heavy (non-hydrogen) atoms. The van der Waals surface area contributed by atoms with Gasteiger partial charge in [-0.2, -0.15) is 0 Å². The Balaban J connectivity index is 0.000000595. The molecule has 2 aliphatic heterocycles. The van der Waals surface area contributed by atoms with Crippen molar-refractivity contribution in [3.63, 3.8) is 0 Å². The first kappa shape index (κ1) is 17.9. The first-order chi connectivity index (χ1) is 11.0. The Hall–Kier alpha value is -1.43. The third kappa shape index (κ3) is 5.30. The highest BCUT2D eigenvalue weighted by Gasteiger charge is 2.44. The van der Waals surface area contributed by atoms with Crippen molar-refractivity contribution >= 4 is 6.47 Å². The molecule has 3 rings (SSSR count). The highest BCUT2D eigenvalue weighted by atomic mass is 16.5. The second-order valence-electron chi connectivity index (χ2n) is 6.82. The zero-order chi connectivity index (χ0) is 16.8. The Kier molecular flexibility index (Phi) is 6.16. The molecule has 2 fully saturated rings. The first-order valence-corrected chi connectivity index (χ1v) is 8.19.